The van der Waals surface area contributed by atoms with Crippen LogP contribution in [0.5, 0.6) is 0 Å². The summed E-state index contributed by atoms with van der Waals surface area (Å²) < 4.78 is 2.67. The third kappa shape index (κ3) is 5.06. The molecular formula is C53H46N2S. The molecule has 3 heteroatoms. The van der Waals surface area contributed by atoms with Gasteiger partial charge in [0.05, 0.1) is 0 Å². The quantitative estimate of drug-likeness (QED) is 0.166. The minimum atomic E-state index is -0.0820. The average molecular weight is 743 g/mol. The van der Waals surface area contributed by atoms with Gasteiger partial charge in [-0.3, -0.25) is 0 Å². The molecule has 56 heavy (non-hydrogen) atoms. The number of anilines is 4. The van der Waals surface area contributed by atoms with Crippen LogP contribution in [0.3, 0.4) is 0 Å². The van der Waals surface area contributed by atoms with Crippen LogP contribution >= 0.6 is 11.3 Å². The lowest BCUT2D eigenvalue weighted by atomic mass is 9.71. The van der Waals surface area contributed by atoms with E-state index in [0.717, 1.165) is 25.8 Å². The second kappa shape index (κ2) is 12.4. The van der Waals surface area contributed by atoms with E-state index in [9.17, 15) is 0 Å². The van der Waals surface area contributed by atoms with Crippen molar-refractivity contribution in [3.05, 3.63) is 178 Å². The molecule has 0 bridgehead atoms. The second-order valence-corrected chi connectivity index (χ2v) is 18.3. The van der Waals surface area contributed by atoms with E-state index >= 15 is 0 Å². The summed E-state index contributed by atoms with van der Waals surface area (Å²) in [7, 11) is 0. The average Bonchev–Trinajstić information content (AvgIpc) is 3.70. The van der Waals surface area contributed by atoms with E-state index in [2.05, 4.69) is 183 Å². The van der Waals surface area contributed by atoms with Crippen molar-refractivity contribution >= 4 is 66.4 Å². The highest BCUT2D eigenvalue weighted by molar-refractivity contribution is 7.25. The Bertz CT molecular complexity index is 2860. The number of hydrogen-bond acceptors (Lipinski definition) is 3. The fourth-order valence-electron chi connectivity index (χ4n) is 10.3. The first-order chi connectivity index (χ1) is 27.3. The maximum atomic E-state index is 2.55. The lowest BCUT2D eigenvalue weighted by molar-refractivity contribution is 0.603. The maximum absolute atomic E-state index is 2.55. The van der Waals surface area contributed by atoms with Crippen LogP contribution in [-0.4, -0.2) is 6.54 Å². The number of fused-ring (bicyclic) bond motifs is 8. The molecule has 0 saturated carbocycles. The van der Waals surface area contributed by atoms with Gasteiger partial charge >= 0.3 is 0 Å². The van der Waals surface area contributed by atoms with Crippen LogP contribution in [0.4, 0.5) is 22.7 Å². The first kappa shape index (κ1) is 33.7. The molecule has 0 radical (unpaired) electrons. The molecule has 3 heterocycles. The number of hydrogen-bond donors (Lipinski definition) is 0. The van der Waals surface area contributed by atoms with Crippen LogP contribution in [0.25, 0.3) is 43.5 Å². The number of benzene rings is 6. The zero-order valence-electron chi connectivity index (χ0n) is 32.7. The first-order valence-corrected chi connectivity index (χ1v) is 21.2. The van der Waals surface area contributed by atoms with Crippen molar-refractivity contribution in [2.45, 2.75) is 64.2 Å². The summed E-state index contributed by atoms with van der Waals surface area (Å²) in [6, 6.07) is 46.2. The Kier molecular flexibility index (Phi) is 7.48. The summed E-state index contributed by atoms with van der Waals surface area (Å²) >= 11 is 1.89. The van der Waals surface area contributed by atoms with E-state index in [0.29, 0.717) is 0 Å². The van der Waals surface area contributed by atoms with E-state index in [1.807, 2.05) is 11.3 Å². The molecule has 0 N–H and O–H groups in total. The van der Waals surface area contributed by atoms with Crippen LogP contribution < -0.4 is 9.80 Å². The molecule has 6 aromatic carbocycles. The summed E-state index contributed by atoms with van der Waals surface area (Å²) in [6.07, 6.45) is 13.8. The summed E-state index contributed by atoms with van der Waals surface area (Å²) in [5, 5.41) is 2.66. The van der Waals surface area contributed by atoms with Crippen molar-refractivity contribution in [2.24, 2.45) is 0 Å². The molecule has 0 spiro atoms. The standard InChI is InChI=1S/C53H46N2S/c1-52(2)43-14-6-9-17-48(43)55(49-18-10-7-15-44(49)52)38-24-28-51-42(32-38)41-30-34(22-27-50(41)56-51)19-20-35-21-25-39-40-26-23-37(33-46(40)53(3,4)45(39)31-35)54-29-11-13-36-12-5-8-16-47(36)54/h5-9,12,14-17,19-28,30-33H,10-11,13,18,29H2,1-4H3. The topological polar surface area (TPSA) is 6.48 Å². The number of thiophene rings is 1. The Labute approximate surface area is 334 Å². The molecule has 0 saturated heterocycles. The fraction of sp³-hybridized carbons (Fsp3) is 0.208. The first-order valence-electron chi connectivity index (χ1n) is 20.3. The van der Waals surface area contributed by atoms with Gasteiger partial charge in [0.1, 0.15) is 0 Å². The smallest absolute Gasteiger partial charge is 0.0499 e. The second-order valence-electron chi connectivity index (χ2n) is 17.2. The van der Waals surface area contributed by atoms with Crippen LogP contribution in [-0.2, 0) is 17.3 Å². The SMILES string of the molecule is CC1(C)C2=C(CCC=C2)N(c2ccc3sc4ccc(C=Cc5ccc6c(c5)C(C)(C)c5cc(N7CCCc8ccccc87)ccc5-6)cc4c3c2)c2ccccc21. The predicted molar refractivity (Wildman–Crippen MR) is 241 cm³/mol. The molecule has 0 amide bonds. The van der Waals surface area contributed by atoms with E-state index in [4.69, 9.17) is 0 Å². The minimum Gasteiger partial charge on any atom is -0.341 e. The third-order valence-corrected chi connectivity index (χ3v) is 14.4. The summed E-state index contributed by atoms with van der Waals surface area (Å²) in [4.78, 5) is 5.07. The van der Waals surface area contributed by atoms with E-state index in [1.54, 1.807) is 0 Å². The van der Waals surface area contributed by atoms with Crippen LogP contribution in [0.2, 0.25) is 0 Å². The number of nitrogens with zero attached hydrogens (tertiary/aromatic N) is 2. The van der Waals surface area contributed by atoms with E-state index in [-0.39, 0.29) is 10.8 Å². The van der Waals surface area contributed by atoms with Gasteiger partial charge in [0.15, 0.2) is 0 Å². The molecule has 0 atom stereocenters. The van der Waals surface area contributed by atoms with Crippen molar-refractivity contribution in [1.29, 1.82) is 0 Å². The van der Waals surface area contributed by atoms with Gasteiger partial charge < -0.3 is 9.80 Å². The van der Waals surface area contributed by atoms with Gasteiger partial charge in [-0.25, -0.2) is 0 Å². The van der Waals surface area contributed by atoms with Crippen molar-refractivity contribution in [3.63, 3.8) is 0 Å². The maximum Gasteiger partial charge on any atom is 0.0499 e. The highest BCUT2D eigenvalue weighted by Crippen LogP contribution is 2.53. The lowest BCUT2D eigenvalue weighted by Gasteiger charge is -2.44. The van der Waals surface area contributed by atoms with Crippen LogP contribution in [0.15, 0.2) is 145 Å². The fourth-order valence-corrected chi connectivity index (χ4v) is 11.3. The zero-order valence-corrected chi connectivity index (χ0v) is 33.5. The number of rotatable bonds is 4. The van der Waals surface area contributed by atoms with E-state index < -0.39 is 0 Å². The Morgan fingerprint density at radius 1 is 0.589 bits per heavy atom. The van der Waals surface area contributed by atoms with Crippen LogP contribution in [0, 0.1) is 0 Å². The Morgan fingerprint density at radius 3 is 2.12 bits per heavy atom. The van der Waals surface area contributed by atoms with Crippen LogP contribution in [0.1, 0.15) is 80.3 Å². The molecule has 11 rings (SSSR count). The summed E-state index contributed by atoms with van der Waals surface area (Å²) in [6.45, 7) is 10.6. The summed E-state index contributed by atoms with van der Waals surface area (Å²) in [5.74, 6) is 0. The largest absolute Gasteiger partial charge is 0.341 e. The van der Waals surface area contributed by atoms with Crippen molar-refractivity contribution in [1.82, 2.24) is 0 Å². The number of aryl methyl sites for hydroxylation is 1. The molecular weight excluding hydrogens is 697 g/mol. The van der Waals surface area contributed by atoms with E-state index in [1.165, 1.54) is 105 Å². The molecule has 7 aromatic rings. The van der Waals surface area contributed by atoms with Crippen molar-refractivity contribution in [3.8, 4) is 11.1 Å². The summed E-state index contributed by atoms with van der Waals surface area (Å²) in [5.41, 5.74) is 18.9. The van der Waals surface area contributed by atoms with Gasteiger partial charge in [-0.1, -0.05) is 119 Å². The molecule has 4 aliphatic rings. The predicted octanol–water partition coefficient (Wildman–Crippen LogP) is 14.6. The van der Waals surface area contributed by atoms with Gasteiger partial charge in [0.25, 0.3) is 0 Å². The molecule has 2 nitrogen and oxygen atoms in total. The van der Waals surface area contributed by atoms with Gasteiger partial charge in [-0.05, 0) is 130 Å². The normalized spacial score (nSPS) is 17.6. The molecule has 1 aromatic heterocycles. The van der Waals surface area contributed by atoms with Gasteiger partial charge in [-0.15, -0.1) is 11.3 Å². The Morgan fingerprint density at radius 2 is 1.27 bits per heavy atom. The van der Waals surface area contributed by atoms with Crippen molar-refractivity contribution in [2.75, 3.05) is 16.3 Å². The monoisotopic (exact) mass is 742 g/mol. The lowest BCUT2D eigenvalue weighted by Crippen LogP contribution is -2.34. The molecule has 0 fully saturated rings. The molecule has 0 unspecified atom stereocenters. The zero-order chi connectivity index (χ0) is 37.8. The Balaban J connectivity index is 0.919. The highest BCUT2D eigenvalue weighted by Gasteiger charge is 2.39. The Hall–Kier alpha value is -5.64. The van der Waals surface area contributed by atoms with Gasteiger partial charge in [0, 0.05) is 66.0 Å². The third-order valence-electron chi connectivity index (χ3n) is 13.2. The van der Waals surface area contributed by atoms with Crippen molar-refractivity contribution < 1.29 is 0 Å². The molecule has 2 aliphatic carbocycles. The molecule has 274 valence electrons. The van der Waals surface area contributed by atoms with Gasteiger partial charge in [-0.2, -0.15) is 0 Å². The van der Waals surface area contributed by atoms with Gasteiger partial charge in [0.2, 0.25) is 0 Å². The number of para-hydroxylation sites is 2. The minimum absolute atomic E-state index is 0.0255. The molecule has 2 aliphatic heterocycles. The highest BCUT2D eigenvalue weighted by atomic mass is 32.1. The number of allylic oxidation sites excluding steroid dienone is 4.